The Morgan fingerprint density at radius 2 is 2.15 bits per heavy atom. The number of hydrogen-bond donors (Lipinski definition) is 0. The van der Waals surface area contributed by atoms with Crippen LogP contribution in [0.1, 0.15) is 11.5 Å². The van der Waals surface area contributed by atoms with Crippen LogP contribution in [0, 0.1) is 18.6 Å². The first-order valence-electron chi connectivity index (χ1n) is 6.03. The van der Waals surface area contributed by atoms with E-state index in [-0.39, 0.29) is 5.56 Å². The molecule has 0 N–H and O–H groups in total. The Labute approximate surface area is 113 Å². The second kappa shape index (κ2) is 4.88. The predicted octanol–water partition coefficient (Wildman–Crippen LogP) is 3.17. The maximum absolute atomic E-state index is 13.8. The van der Waals surface area contributed by atoms with E-state index in [0.29, 0.717) is 23.8 Å². The number of nitrogens with zero attached hydrogens (tertiary/aromatic N) is 3. The van der Waals surface area contributed by atoms with Crippen molar-refractivity contribution in [2.45, 2.75) is 13.5 Å². The molecule has 0 radical (unpaired) electrons. The fraction of sp³-hybridized carbons (Fsp3) is 0.143. The zero-order valence-electron chi connectivity index (χ0n) is 10.7. The van der Waals surface area contributed by atoms with Gasteiger partial charge < -0.3 is 9.09 Å². The van der Waals surface area contributed by atoms with Crippen molar-refractivity contribution in [3.8, 4) is 11.4 Å². The summed E-state index contributed by atoms with van der Waals surface area (Å²) >= 11 is 0. The van der Waals surface area contributed by atoms with E-state index < -0.39 is 11.6 Å². The van der Waals surface area contributed by atoms with Crippen LogP contribution in [0.3, 0.4) is 0 Å². The summed E-state index contributed by atoms with van der Waals surface area (Å²) in [6.45, 7) is 2.17. The maximum Gasteiger partial charge on any atom is 0.169 e. The van der Waals surface area contributed by atoms with Crippen molar-refractivity contribution in [3.05, 3.63) is 59.7 Å². The molecule has 0 atom stereocenters. The minimum Gasteiger partial charge on any atom is -0.361 e. The van der Waals surface area contributed by atoms with E-state index in [2.05, 4.69) is 10.1 Å². The van der Waals surface area contributed by atoms with E-state index in [0.717, 1.165) is 6.07 Å². The van der Waals surface area contributed by atoms with Crippen LogP contribution in [0.2, 0.25) is 0 Å². The van der Waals surface area contributed by atoms with Crippen LogP contribution in [-0.4, -0.2) is 14.7 Å². The molecule has 0 aliphatic heterocycles. The maximum atomic E-state index is 13.8. The van der Waals surface area contributed by atoms with Gasteiger partial charge in [-0.15, -0.1) is 0 Å². The van der Waals surface area contributed by atoms with E-state index >= 15 is 0 Å². The minimum absolute atomic E-state index is 0.121. The Hall–Kier alpha value is -2.50. The summed E-state index contributed by atoms with van der Waals surface area (Å²) in [6, 6.07) is 5.80. The molecular formula is C14H11F2N3O. The van der Waals surface area contributed by atoms with Crippen LogP contribution in [-0.2, 0) is 6.54 Å². The van der Waals surface area contributed by atoms with Gasteiger partial charge in [-0.2, -0.15) is 0 Å². The summed E-state index contributed by atoms with van der Waals surface area (Å²) in [5.74, 6) is -0.758. The largest absolute Gasteiger partial charge is 0.361 e. The van der Waals surface area contributed by atoms with Crippen LogP contribution in [0.25, 0.3) is 11.4 Å². The van der Waals surface area contributed by atoms with E-state index in [9.17, 15) is 8.78 Å². The predicted molar refractivity (Wildman–Crippen MR) is 67.9 cm³/mol. The van der Waals surface area contributed by atoms with Crippen molar-refractivity contribution < 1.29 is 13.3 Å². The molecule has 2 heterocycles. The number of hydrogen-bond acceptors (Lipinski definition) is 3. The fourth-order valence-electron chi connectivity index (χ4n) is 2.02. The summed E-state index contributed by atoms with van der Waals surface area (Å²) in [7, 11) is 0. The van der Waals surface area contributed by atoms with Gasteiger partial charge in [0.2, 0.25) is 0 Å². The Morgan fingerprint density at radius 3 is 2.90 bits per heavy atom. The highest BCUT2D eigenvalue weighted by Gasteiger charge is 2.15. The number of aromatic nitrogens is 3. The van der Waals surface area contributed by atoms with E-state index in [1.54, 1.807) is 23.8 Å². The molecule has 20 heavy (non-hydrogen) atoms. The lowest BCUT2D eigenvalue weighted by Gasteiger charge is -2.07. The quantitative estimate of drug-likeness (QED) is 0.737. The SMILES string of the molecule is Cc1cc(Cn2ccnc2-c2cccc(F)c2F)no1. The number of rotatable bonds is 3. The van der Waals surface area contributed by atoms with E-state index in [1.165, 1.54) is 18.3 Å². The van der Waals surface area contributed by atoms with Crippen LogP contribution in [0.15, 0.2) is 41.2 Å². The van der Waals surface area contributed by atoms with Gasteiger partial charge in [-0.05, 0) is 19.1 Å². The summed E-state index contributed by atoms with van der Waals surface area (Å²) in [6.07, 6.45) is 3.22. The second-order valence-corrected chi connectivity index (χ2v) is 4.41. The van der Waals surface area contributed by atoms with Gasteiger partial charge in [-0.1, -0.05) is 11.2 Å². The van der Waals surface area contributed by atoms with Gasteiger partial charge in [0.05, 0.1) is 12.1 Å². The van der Waals surface area contributed by atoms with Gasteiger partial charge >= 0.3 is 0 Å². The third kappa shape index (κ3) is 2.20. The van der Waals surface area contributed by atoms with Crippen molar-refractivity contribution >= 4 is 0 Å². The van der Waals surface area contributed by atoms with Crippen molar-refractivity contribution in [2.24, 2.45) is 0 Å². The van der Waals surface area contributed by atoms with Gasteiger partial charge in [0.15, 0.2) is 11.6 Å². The highest BCUT2D eigenvalue weighted by Crippen LogP contribution is 2.23. The molecule has 0 aliphatic rings. The Bertz CT molecular complexity index is 748. The van der Waals surface area contributed by atoms with Crippen molar-refractivity contribution in [1.82, 2.24) is 14.7 Å². The third-order valence-corrected chi connectivity index (χ3v) is 2.92. The monoisotopic (exact) mass is 275 g/mol. The summed E-state index contributed by atoms with van der Waals surface area (Å²) in [5, 5.41) is 3.87. The topological polar surface area (TPSA) is 43.9 Å². The average Bonchev–Trinajstić information content (AvgIpc) is 3.03. The van der Waals surface area contributed by atoms with Crippen LogP contribution in [0.5, 0.6) is 0 Å². The zero-order chi connectivity index (χ0) is 14.1. The zero-order valence-corrected chi connectivity index (χ0v) is 10.7. The molecule has 3 rings (SSSR count). The fourth-order valence-corrected chi connectivity index (χ4v) is 2.02. The number of imidazole rings is 1. The van der Waals surface area contributed by atoms with Gasteiger partial charge in [0.1, 0.15) is 17.3 Å². The van der Waals surface area contributed by atoms with Gasteiger partial charge in [0.25, 0.3) is 0 Å². The lowest BCUT2D eigenvalue weighted by Crippen LogP contribution is -2.03. The van der Waals surface area contributed by atoms with Gasteiger partial charge in [0, 0.05) is 18.5 Å². The number of halogens is 2. The Balaban J connectivity index is 2.00. The summed E-state index contributed by atoms with van der Waals surface area (Å²) in [5.41, 5.74) is 0.814. The standard InChI is InChI=1S/C14H11F2N3O/c1-9-7-10(18-20-9)8-19-6-5-17-14(19)11-3-2-4-12(15)13(11)16/h2-7H,8H2,1H3. The smallest absolute Gasteiger partial charge is 0.169 e. The molecule has 0 unspecified atom stereocenters. The molecule has 0 bridgehead atoms. The molecule has 0 fully saturated rings. The van der Waals surface area contributed by atoms with Crippen LogP contribution < -0.4 is 0 Å². The molecule has 4 nitrogen and oxygen atoms in total. The molecule has 0 aliphatic carbocycles. The molecular weight excluding hydrogens is 264 g/mol. The number of benzene rings is 1. The highest BCUT2D eigenvalue weighted by atomic mass is 19.2. The average molecular weight is 275 g/mol. The van der Waals surface area contributed by atoms with E-state index in [4.69, 9.17) is 4.52 Å². The third-order valence-electron chi connectivity index (χ3n) is 2.92. The first-order valence-corrected chi connectivity index (χ1v) is 6.03. The highest BCUT2D eigenvalue weighted by molar-refractivity contribution is 5.56. The lowest BCUT2D eigenvalue weighted by atomic mass is 10.2. The molecule has 0 spiro atoms. The van der Waals surface area contributed by atoms with Crippen molar-refractivity contribution in [2.75, 3.05) is 0 Å². The first kappa shape index (κ1) is 12.5. The molecule has 3 aromatic rings. The van der Waals surface area contributed by atoms with Gasteiger partial charge in [-0.3, -0.25) is 0 Å². The van der Waals surface area contributed by atoms with Crippen LogP contribution in [0.4, 0.5) is 8.78 Å². The molecule has 2 aromatic heterocycles. The number of aryl methyl sites for hydroxylation is 1. The van der Waals surface area contributed by atoms with E-state index in [1.807, 2.05) is 0 Å². The lowest BCUT2D eigenvalue weighted by molar-refractivity contribution is 0.389. The molecule has 0 amide bonds. The van der Waals surface area contributed by atoms with Gasteiger partial charge in [-0.25, -0.2) is 13.8 Å². The molecule has 102 valence electrons. The molecule has 6 heteroatoms. The Kier molecular flexibility index (Phi) is 3.06. The first-order chi connectivity index (χ1) is 9.65. The summed E-state index contributed by atoms with van der Waals surface area (Å²) in [4.78, 5) is 4.09. The molecule has 1 aromatic carbocycles. The van der Waals surface area contributed by atoms with Crippen LogP contribution >= 0.6 is 0 Å². The Morgan fingerprint density at radius 1 is 1.30 bits per heavy atom. The normalized spacial score (nSPS) is 10.9. The molecule has 0 saturated carbocycles. The summed E-state index contributed by atoms with van der Waals surface area (Å²) < 4.78 is 33.8. The van der Waals surface area contributed by atoms with Crippen molar-refractivity contribution in [1.29, 1.82) is 0 Å². The van der Waals surface area contributed by atoms with Crippen molar-refractivity contribution in [3.63, 3.8) is 0 Å². The second-order valence-electron chi connectivity index (χ2n) is 4.41. The molecule has 0 saturated heterocycles. The minimum atomic E-state index is -0.906.